The summed E-state index contributed by atoms with van der Waals surface area (Å²) in [5.74, 6) is 0.142. The van der Waals surface area contributed by atoms with Gasteiger partial charge in [0, 0.05) is 18.2 Å². The summed E-state index contributed by atoms with van der Waals surface area (Å²) in [5, 5.41) is 13.0. The highest BCUT2D eigenvalue weighted by molar-refractivity contribution is 7.09. The van der Waals surface area contributed by atoms with Crippen LogP contribution in [-0.4, -0.2) is 22.0 Å². The fourth-order valence-corrected chi connectivity index (χ4v) is 2.40. The Balaban J connectivity index is 2.46. The average molecular weight is 281 g/mol. The van der Waals surface area contributed by atoms with Crippen molar-refractivity contribution in [3.05, 3.63) is 21.7 Å². The van der Waals surface area contributed by atoms with Crippen molar-refractivity contribution in [3.63, 3.8) is 0 Å². The van der Waals surface area contributed by atoms with Crippen molar-refractivity contribution in [3.8, 4) is 0 Å². The number of carbonyl (C=O) groups excluding carboxylic acids is 1. The summed E-state index contributed by atoms with van der Waals surface area (Å²) in [7, 11) is 0. The largest absolute Gasteiger partial charge is 0.388 e. The van der Waals surface area contributed by atoms with E-state index in [0.29, 0.717) is 6.42 Å². The van der Waals surface area contributed by atoms with E-state index in [9.17, 15) is 9.90 Å². The third kappa shape index (κ3) is 6.12. The normalized spacial score (nSPS) is 13.6. The molecule has 19 heavy (non-hydrogen) atoms. The highest BCUT2D eigenvalue weighted by Crippen LogP contribution is 2.15. The van der Waals surface area contributed by atoms with Gasteiger partial charge in [0.1, 0.15) is 5.78 Å². The number of ketones is 1. The predicted molar refractivity (Wildman–Crippen MR) is 80.3 cm³/mol. The summed E-state index contributed by atoms with van der Waals surface area (Å²) < 4.78 is 0. The number of hydrogen-bond acceptors (Lipinski definition) is 4. The number of aliphatic hydroxyl groups excluding tert-OH is 1. The minimum absolute atomic E-state index is 0.142. The quantitative estimate of drug-likeness (QED) is 0.738. The first kappa shape index (κ1) is 16.1. The minimum Gasteiger partial charge on any atom is -0.388 e. The number of aromatic nitrogens is 1. The first-order chi connectivity index (χ1) is 9.02. The number of hydrogen-bond donors (Lipinski definition) is 1. The first-order valence-electron chi connectivity index (χ1n) is 6.83. The van der Waals surface area contributed by atoms with Crippen molar-refractivity contribution < 1.29 is 9.90 Å². The monoisotopic (exact) mass is 281 g/mol. The van der Waals surface area contributed by atoms with E-state index in [1.807, 2.05) is 25.3 Å². The Morgan fingerprint density at radius 3 is 2.84 bits per heavy atom. The molecule has 1 heterocycles. The number of nitrogens with zero attached hydrogens (tertiary/aromatic N) is 1. The van der Waals surface area contributed by atoms with Gasteiger partial charge in [0.05, 0.1) is 16.8 Å². The summed E-state index contributed by atoms with van der Waals surface area (Å²) in [6, 6.07) is 0. The molecule has 0 aliphatic carbocycles. The predicted octanol–water partition coefficient (Wildman–Crippen LogP) is 3.76. The number of unbranched alkanes of at least 4 members (excludes halogenated alkanes) is 2. The van der Waals surface area contributed by atoms with Crippen LogP contribution in [0.2, 0.25) is 0 Å². The van der Waals surface area contributed by atoms with Gasteiger partial charge in [0.15, 0.2) is 0 Å². The SMILES string of the molecule is CCCCCC(=O)C[C@H](O)/C(C)=C/c1csc(C)n1. The number of aryl methyl sites for hydroxylation is 1. The molecule has 1 N–H and O–H groups in total. The average Bonchev–Trinajstić information content (AvgIpc) is 2.75. The molecule has 0 unspecified atom stereocenters. The summed E-state index contributed by atoms with van der Waals surface area (Å²) in [6.07, 6.45) is 5.08. The van der Waals surface area contributed by atoms with Gasteiger partial charge in [0.25, 0.3) is 0 Å². The Morgan fingerprint density at radius 2 is 2.26 bits per heavy atom. The van der Waals surface area contributed by atoms with Crippen LogP contribution in [-0.2, 0) is 4.79 Å². The minimum atomic E-state index is -0.684. The zero-order valence-corrected chi connectivity index (χ0v) is 12.8. The summed E-state index contributed by atoms with van der Waals surface area (Å²) in [5.41, 5.74) is 1.66. The highest BCUT2D eigenvalue weighted by atomic mass is 32.1. The van der Waals surface area contributed by atoms with Gasteiger partial charge >= 0.3 is 0 Å². The molecule has 1 aromatic rings. The lowest BCUT2D eigenvalue weighted by Gasteiger charge is -2.10. The fraction of sp³-hybridized carbons (Fsp3) is 0.600. The van der Waals surface area contributed by atoms with E-state index in [1.54, 1.807) is 11.3 Å². The number of carbonyl (C=O) groups is 1. The van der Waals surface area contributed by atoms with E-state index in [0.717, 1.165) is 35.5 Å². The highest BCUT2D eigenvalue weighted by Gasteiger charge is 2.12. The first-order valence-corrected chi connectivity index (χ1v) is 7.71. The van der Waals surface area contributed by atoms with Crippen molar-refractivity contribution in [2.24, 2.45) is 0 Å². The lowest BCUT2D eigenvalue weighted by molar-refractivity contribution is -0.120. The summed E-state index contributed by atoms with van der Waals surface area (Å²) in [6.45, 7) is 5.91. The molecule has 0 saturated carbocycles. The van der Waals surface area contributed by atoms with Crippen molar-refractivity contribution in [2.75, 3.05) is 0 Å². The molecular weight excluding hydrogens is 258 g/mol. The van der Waals surface area contributed by atoms with E-state index < -0.39 is 6.10 Å². The van der Waals surface area contributed by atoms with Crippen LogP contribution in [0.25, 0.3) is 6.08 Å². The van der Waals surface area contributed by atoms with E-state index in [2.05, 4.69) is 11.9 Å². The van der Waals surface area contributed by atoms with Gasteiger partial charge in [-0.25, -0.2) is 4.98 Å². The Bertz CT molecular complexity index is 437. The topological polar surface area (TPSA) is 50.2 Å². The maximum Gasteiger partial charge on any atom is 0.135 e. The van der Waals surface area contributed by atoms with Gasteiger partial charge in [-0.3, -0.25) is 4.79 Å². The molecule has 0 aliphatic rings. The lowest BCUT2D eigenvalue weighted by atomic mass is 10.0. The zero-order valence-electron chi connectivity index (χ0n) is 12.0. The van der Waals surface area contributed by atoms with Crippen LogP contribution < -0.4 is 0 Å². The van der Waals surface area contributed by atoms with E-state index in [1.165, 1.54) is 0 Å². The third-order valence-electron chi connectivity index (χ3n) is 3.02. The second-order valence-corrected chi connectivity index (χ2v) is 5.96. The molecule has 0 spiro atoms. The molecule has 0 amide bonds. The van der Waals surface area contributed by atoms with Crippen LogP contribution in [0.5, 0.6) is 0 Å². The Hall–Kier alpha value is -1.00. The molecule has 4 heteroatoms. The van der Waals surface area contributed by atoms with E-state index in [-0.39, 0.29) is 12.2 Å². The van der Waals surface area contributed by atoms with Gasteiger partial charge in [-0.05, 0) is 31.9 Å². The Labute approximate surface area is 119 Å². The van der Waals surface area contributed by atoms with Crippen molar-refractivity contribution in [2.45, 2.75) is 59.0 Å². The summed E-state index contributed by atoms with van der Waals surface area (Å²) >= 11 is 1.58. The van der Waals surface area contributed by atoms with Crippen LogP contribution in [0.1, 0.15) is 56.7 Å². The van der Waals surface area contributed by atoms with Crippen LogP contribution >= 0.6 is 11.3 Å². The molecule has 1 rings (SSSR count). The van der Waals surface area contributed by atoms with Crippen LogP contribution in [0.15, 0.2) is 11.0 Å². The van der Waals surface area contributed by atoms with Crippen molar-refractivity contribution in [1.29, 1.82) is 0 Å². The van der Waals surface area contributed by atoms with Gasteiger partial charge < -0.3 is 5.11 Å². The Morgan fingerprint density at radius 1 is 1.53 bits per heavy atom. The molecule has 0 bridgehead atoms. The molecule has 1 atom stereocenters. The molecule has 0 saturated heterocycles. The van der Waals surface area contributed by atoms with Gasteiger partial charge in [-0.2, -0.15) is 0 Å². The van der Waals surface area contributed by atoms with E-state index in [4.69, 9.17) is 0 Å². The molecule has 0 radical (unpaired) electrons. The summed E-state index contributed by atoms with van der Waals surface area (Å²) in [4.78, 5) is 16.0. The lowest BCUT2D eigenvalue weighted by Crippen LogP contribution is -2.14. The Kier molecular flexibility index (Phi) is 6.95. The zero-order chi connectivity index (χ0) is 14.3. The molecule has 3 nitrogen and oxygen atoms in total. The number of aliphatic hydroxyl groups is 1. The van der Waals surface area contributed by atoms with E-state index >= 15 is 0 Å². The third-order valence-corrected chi connectivity index (χ3v) is 3.81. The van der Waals surface area contributed by atoms with Gasteiger partial charge in [-0.15, -0.1) is 11.3 Å². The van der Waals surface area contributed by atoms with Crippen LogP contribution in [0.4, 0.5) is 0 Å². The molecule has 0 fully saturated rings. The maximum atomic E-state index is 11.7. The van der Waals surface area contributed by atoms with Gasteiger partial charge in [-0.1, -0.05) is 19.8 Å². The number of rotatable bonds is 8. The molecule has 1 aromatic heterocycles. The van der Waals surface area contributed by atoms with Crippen LogP contribution in [0.3, 0.4) is 0 Å². The standard InChI is InChI=1S/C15H23NO2S/c1-4-5-6-7-14(17)9-15(18)11(2)8-13-10-19-12(3)16-13/h8,10,15,18H,4-7,9H2,1-3H3/b11-8+/t15-/m0/s1. The van der Waals surface area contributed by atoms with Crippen molar-refractivity contribution in [1.82, 2.24) is 4.98 Å². The molecular formula is C15H23NO2S. The van der Waals surface area contributed by atoms with Gasteiger partial charge in [0.2, 0.25) is 0 Å². The number of thiazole rings is 1. The van der Waals surface area contributed by atoms with Crippen LogP contribution in [0, 0.1) is 6.92 Å². The molecule has 106 valence electrons. The second-order valence-electron chi connectivity index (χ2n) is 4.90. The molecule has 0 aromatic carbocycles. The maximum absolute atomic E-state index is 11.7. The smallest absolute Gasteiger partial charge is 0.135 e. The molecule has 0 aliphatic heterocycles. The number of Topliss-reactive ketones (excluding diaryl/α,β-unsaturated/α-hetero) is 1. The second kappa shape index (κ2) is 8.23. The fourth-order valence-electron chi connectivity index (χ4n) is 1.83. The van der Waals surface area contributed by atoms with Crippen molar-refractivity contribution >= 4 is 23.2 Å².